The molecule has 7 nitrogen and oxygen atoms in total. The van der Waals surface area contributed by atoms with Crippen LogP contribution in [0.3, 0.4) is 0 Å². The monoisotopic (exact) mass is 358 g/mol. The molecule has 0 bridgehead atoms. The number of non-ortho nitro benzene ring substituents is 1. The van der Waals surface area contributed by atoms with Gasteiger partial charge in [0.05, 0.1) is 17.6 Å². The highest BCUT2D eigenvalue weighted by Gasteiger charge is 2.27. The predicted octanol–water partition coefficient (Wildman–Crippen LogP) is 3.60. The van der Waals surface area contributed by atoms with E-state index in [9.17, 15) is 14.9 Å². The molecule has 2 aromatic rings. The van der Waals surface area contributed by atoms with E-state index in [1.807, 2.05) is 0 Å². The number of methoxy groups -OCH3 is 1. The van der Waals surface area contributed by atoms with Gasteiger partial charge >= 0.3 is 5.97 Å². The molecule has 1 aliphatic heterocycles. The number of benzene rings is 2. The number of hydrogen-bond donors (Lipinski definition) is 0. The summed E-state index contributed by atoms with van der Waals surface area (Å²) < 4.78 is 10.3. The molecule has 2 aromatic carbocycles. The van der Waals surface area contributed by atoms with Crippen molar-refractivity contribution in [3.05, 3.63) is 74.4 Å². The molecule has 0 atom stereocenters. The molecule has 1 heterocycles. The Morgan fingerprint density at radius 1 is 1.28 bits per heavy atom. The van der Waals surface area contributed by atoms with E-state index in [0.29, 0.717) is 16.3 Å². The van der Waals surface area contributed by atoms with Crippen LogP contribution in [0.5, 0.6) is 5.75 Å². The lowest BCUT2D eigenvalue weighted by molar-refractivity contribution is -0.384. The smallest absolute Gasteiger partial charge is 0.363 e. The maximum Gasteiger partial charge on any atom is 0.363 e. The van der Waals surface area contributed by atoms with E-state index in [4.69, 9.17) is 21.1 Å². The molecule has 0 saturated carbocycles. The predicted molar refractivity (Wildman–Crippen MR) is 91.7 cm³/mol. The zero-order valence-electron chi connectivity index (χ0n) is 12.9. The number of carbonyl (C=O) groups excluding carboxylic acids is 1. The SMILES string of the molecule is COc1ccc([N+](=O)[O-])cc1C1=N/C(=C/c2cccc(Cl)c2)C(=O)O1. The van der Waals surface area contributed by atoms with Crippen LogP contribution in [0.15, 0.2) is 53.2 Å². The first kappa shape index (κ1) is 16.7. The number of cyclic esters (lactones) is 1. The fourth-order valence-corrected chi connectivity index (χ4v) is 2.45. The fourth-order valence-electron chi connectivity index (χ4n) is 2.26. The third-order valence-corrected chi connectivity index (χ3v) is 3.63. The van der Waals surface area contributed by atoms with Crippen LogP contribution in [0.4, 0.5) is 5.69 Å². The Morgan fingerprint density at radius 3 is 2.76 bits per heavy atom. The van der Waals surface area contributed by atoms with Crippen molar-refractivity contribution in [1.29, 1.82) is 0 Å². The highest BCUT2D eigenvalue weighted by Crippen LogP contribution is 2.28. The van der Waals surface area contributed by atoms with E-state index in [0.717, 1.165) is 0 Å². The molecule has 0 aromatic heterocycles. The second kappa shape index (κ2) is 6.74. The normalized spacial score (nSPS) is 15.0. The average molecular weight is 359 g/mol. The third kappa shape index (κ3) is 3.51. The summed E-state index contributed by atoms with van der Waals surface area (Å²) in [4.78, 5) is 26.6. The lowest BCUT2D eigenvalue weighted by Gasteiger charge is -2.06. The fraction of sp³-hybridized carbons (Fsp3) is 0.0588. The molecule has 0 spiro atoms. The Kier molecular flexibility index (Phi) is 4.49. The lowest BCUT2D eigenvalue weighted by atomic mass is 10.1. The standard InChI is InChI=1S/C17H11ClN2O5/c1-24-15-6-5-12(20(22)23)9-13(15)16-19-14(17(21)25-16)8-10-3-2-4-11(18)7-10/h2-9H,1H3/b14-8+. The molecule has 0 saturated heterocycles. The van der Waals surface area contributed by atoms with E-state index < -0.39 is 10.9 Å². The van der Waals surface area contributed by atoms with Crippen molar-refractivity contribution in [3.8, 4) is 5.75 Å². The van der Waals surface area contributed by atoms with Crippen LogP contribution >= 0.6 is 11.6 Å². The van der Waals surface area contributed by atoms with Gasteiger partial charge < -0.3 is 9.47 Å². The van der Waals surface area contributed by atoms with E-state index in [1.165, 1.54) is 31.4 Å². The molecule has 0 amide bonds. The number of rotatable bonds is 4. The molecular formula is C17H11ClN2O5. The number of ether oxygens (including phenoxy) is 2. The summed E-state index contributed by atoms with van der Waals surface area (Å²) >= 11 is 5.92. The first-order valence-corrected chi connectivity index (χ1v) is 7.46. The van der Waals surface area contributed by atoms with Crippen molar-refractivity contribution in [3.63, 3.8) is 0 Å². The second-order valence-corrected chi connectivity index (χ2v) is 5.47. The summed E-state index contributed by atoms with van der Waals surface area (Å²) in [6.07, 6.45) is 1.52. The minimum atomic E-state index is -0.663. The van der Waals surface area contributed by atoms with Gasteiger partial charge in [0.2, 0.25) is 5.90 Å². The molecular weight excluding hydrogens is 348 g/mol. The van der Waals surface area contributed by atoms with Crippen LogP contribution in [-0.4, -0.2) is 23.9 Å². The number of carbonyl (C=O) groups is 1. The number of esters is 1. The first-order chi connectivity index (χ1) is 12.0. The summed E-state index contributed by atoms with van der Waals surface area (Å²) in [7, 11) is 1.41. The van der Waals surface area contributed by atoms with E-state index in [2.05, 4.69) is 4.99 Å². The van der Waals surface area contributed by atoms with Crippen LogP contribution in [0.1, 0.15) is 11.1 Å². The third-order valence-electron chi connectivity index (χ3n) is 3.40. The van der Waals surface area contributed by atoms with Crippen molar-refractivity contribution < 1.29 is 19.2 Å². The maximum absolute atomic E-state index is 12.1. The summed E-state index contributed by atoms with van der Waals surface area (Å²) in [5.74, 6) is -0.413. The van der Waals surface area contributed by atoms with Crippen LogP contribution in [0, 0.1) is 10.1 Å². The molecule has 8 heteroatoms. The first-order valence-electron chi connectivity index (χ1n) is 7.09. The molecule has 0 fully saturated rings. The second-order valence-electron chi connectivity index (χ2n) is 5.03. The maximum atomic E-state index is 12.1. The average Bonchev–Trinajstić information content (AvgIpc) is 2.95. The van der Waals surface area contributed by atoms with Gasteiger partial charge in [-0.25, -0.2) is 9.79 Å². The summed E-state index contributed by atoms with van der Waals surface area (Å²) in [5, 5.41) is 11.5. The van der Waals surface area contributed by atoms with Gasteiger partial charge in [0.1, 0.15) is 5.75 Å². The van der Waals surface area contributed by atoms with Crippen LogP contribution in [0.2, 0.25) is 5.02 Å². The summed E-state index contributed by atoms with van der Waals surface area (Å²) in [6, 6.07) is 10.8. The Hall–Kier alpha value is -3.19. The largest absolute Gasteiger partial charge is 0.496 e. The molecule has 25 heavy (non-hydrogen) atoms. The number of aliphatic imine (C=N–C) groups is 1. The van der Waals surface area contributed by atoms with E-state index >= 15 is 0 Å². The van der Waals surface area contributed by atoms with E-state index in [1.54, 1.807) is 24.3 Å². The van der Waals surface area contributed by atoms with Crippen LogP contribution in [0.25, 0.3) is 6.08 Å². The quantitative estimate of drug-likeness (QED) is 0.360. The minimum absolute atomic E-state index is 0.0566. The summed E-state index contributed by atoms with van der Waals surface area (Å²) in [5.41, 5.74) is 0.794. The molecule has 0 N–H and O–H groups in total. The molecule has 3 rings (SSSR count). The zero-order chi connectivity index (χ0) is 18.0. The number of nitro benzene ring substituents is 1. The Morgan fingerprint density at radius 2 is 2.08 bits per heavy atom. The van der Waals surface area contributed by atoms with Crippen molar-refractivity contribution in [1.82, 2.24) is 0 Å². The topological polar surface area (TPSA) is 91.0 Å². The van der Waals surface area contributed by atoms with Gasteiger partial charge in [0.25, 0.3) is 5.69 Å². The highest BCUT2D eigenvalue weighted by atomic mass is 35.5. The number of nitrogens with zero attached hydrogens (tertiary/aromatic N) is 2. The van der Waals surface area contributed by atoms with Gasteiger partial charge in [-0.2, -0.15) is 0 Å². The zero-order valence-corrected chi connectivity index (χ0v) is 13.7. The van der Waals surface area contributed by atoms with Crippen molar-refractivity contribution in [2.75, 3.05) is 7.11 Å². The van der Waals surface area contributed by atoms with Gasteiger partial charge in [-0.1, -0.05) is 23.7 Å². The number of hydrogen-bond acceptors (Lipinski definition) is 6. The molecule has 0 radical (unpaired) electrons. The van der Waals surface area contributed by atoms with Crippen LogP contribution < -0.4 is 4.74 Å². The van der Waals surface area contributed by atoms with E-state index in [-0.39, 0.29) is 22.8 Å². The Bertz CT molecular complexity index is 936. The van der Waals surface area contributed by atoms with Crippen molar-refractivity contribution in [2.45, 2.75) is 0 Å². The van der Waals surface area contributed by atoms with Crippen molar-refractivity contribution in [2.24, 2.45) is 4.99 Å². The molecule has 0 unspecified atom stereocenters. The molecule has 0 aliphatic carbocycles. The van der Waals surface area contributed by atoms with Gasteiger partial charge in [-0.15, -0.1) is 0 Å². The van der Waals surface area contributed by atoms with Gasteiger partial charge in [0, 0.05) is 17.2 Å². The van der Waals surface area contributed by atoms with Gasteiger partial charge in [0.15, 0.2) is 5.70 Å². The van der Waals surface area contributed by atoms with Gasteiger partial charge in [-0.3, -0.25) is 10.1 Å². The Labute approximate surface area is 147 Å². The minimum Gasteiger partial charge on any atom is -0.496 e. The highest BCUT2D eigenvalue weighted by molar-refractivity contribution is 6.30. The number of nitro groups is 1. The number of halogens is 1. The van der Waals surface area contributed by atoms with Crippen molar-refractivity contribution >= 4 is 35.2 Å². The summed E-state index contributed by atoms with van der Waals surface area (Å²) in [6.45, 7) is 0. The Balaban J connectivity index is 2.03. The molecule has 1 aliphatic rings. The molecule has 126 valence electrons. The van der Waals surface area contributed by atoms with Gasteiger partial charge in [-0.05, 0) is 29.8 Å². The lowest BCUT2D eigenvalue weighted by Crippen LogP contribution is -2.07. The van der Waals surface area contributed by atoms with Crippen LogP contribution in [-0.2, 0) is 9.53 Å².